The van der Waals surface area contributed by atoms with E-state index in [1.54, 1.807) is 17.8 Å². The van der Waals surface area contributed by atoms with E-state index in [9.17, 15) is 9.59 Å². The number of thioether (sulfide) groups is 2. The molecule has 1 fully saturated rings. The van der Waals surface area contributed by atoms with Gasteiger partial charge in [-0.2, -0.15) is 0 Å². The molecule has 0 aliphatic carbocycles. The Labute approximate surface area is 122 Å². The zero-order valence-electron chi connectivity index (χ0n) is 10.1. The van der Waals surface area contributed by atoms with Crippen molar-refractivity contribution in [1.82, 2.24) is 14.5 Å². The number of amides is 1. The Kier molecular flexibility index (Phi) is 2.52. The van der Waals surface area contributed by atoms with Crippen LogP contribution in [-0.4, -0.2) is 42.6 Å². The maximum atomic E-state index is 12.0. The first-order valence-electron chi connectivity index (χ1n) is 5.99. The molecule has 0 saturated carbocycles. The highest BCUT2D eigenvalue weighted by Crippen LogP contribution is 2.45. The van der Waals surface area contributed by atoms with E-state index >= 15 is 0 Å². The lowest BCUT2D eigenvalue weighted by Crippen LogP contribution is -2.51. The highest BCUT2D eigenvalue weighted by atomic mass is 32.2. The largest absolute Gasteiger partial charge is 0.477 e. The molecule has 3 aliphatic heterocycles. The highest BCUT2D eigenvalue weighted by Gasteiger charge is 2.49. The van der Waals surface area contributed by atoms with Crippen LogP contribution in [0.15, 0.2) is 28.0 Å². The minimum atomic E-state index is -1.07. The predicted molar refractivity (Wildman–Crippen MR) is 74.9 cm³/mol. The second-order valence-corrected chi connectivity index (χ2v) is 6.58. The number of β-lactam (4-membered cyclic amide) rings is 1. The Morgan fingerprint density at radius 3 is 3.15 bits per heavy atom. The lowest BCUT2D eigenvalue weighted by Gasteiger charge is -2.36. The zero-order valence-corrected chi connectivity index (χ0v) is 11.8. The van der Waals surface area contributed by atoms with E-state index in [1.165, 1.54) is 22.1 Å². The fraction of sp³-hybridized carbons (Fsp3) is 0.250. The minimum absolute atomic E-state index is 0.0602. The van der Waals surface area contributed by atoms with Gasteiger partial charge in [-0.05, 0) is 6.08 Å². The second-order valence-electron chi connectivity index (χ2n) is 4.56. The molecule has 1 atom stereocenters. The third-order valence-electron chi connectivity index (χ3n) is 3.38. The van der Waals surface area contributed by atoms with Gasteiger partial charge in [0.1, 0.15) is 11.1 Å². The molecular weight excluding hydrogens is 298 g/mol. The molecule has 1 aromatic heterocycles. The number of carboxylic acid groups (broad SMARTS) is 1. The first-order valence-corrected chi connectivity index (χ1v) is 7.92. The number of aromatic nitrogens is 2. The second kappa shape index (κ2) is 4.16. The van der Waals surface area contributed by atoms with Crippen LogP contribution < -0.4 is 0 Å². The summed E-state index contributed by atoms with van der Waals surface area (Å²) in [7, 11) is 0. The molecule has 4 heterocycles. The van der Waals surface area contributed by atoms with E-state index in [4.69, 9.17) is 5.11 Å². The van der Waals surface area contributed by atoms with Crippen molar-refractivity contribution in [3.8, 4) is 0 Å². The SMILES string of the molecule is O=C(O)C1=CS[C@@H]2C(=Cc3cn4c(n3)SCC4)C(=O)N12. The number of aliphatic carboxylic acids is 1. The Hall–Kier alpha value is -1.67. The Morgan fingerprint density at radius 2 is 2.40 bits per heavy atom. The van der Waals surface area contributed by atoms with E-state index in [1.807, 2.05) is 6.20 Å². The monoisotopic (exact) mass is 307 g/mol. The van der Waals surface area contributed by atoms with Crippen LogP contribution in [0.4, 0.5) is 0 Å². The molecule has 3 aliphatic rings. The number of hydrogen-bond donors (Lipinski definition) is 1. The van der Waals surface area contributed by atoms with Crippen molar-refractivity contribution < 1.29 is 14.7 Å². The van der Waals surface area contributed by atoms with Gasteiger partial charge in [0.15, 0.2) is 5.16 Å². The van der Waals surface area contributed by atoms with E-state index in [2.05, 4.69) is 9.55 Å². The number of aryl methyl sites for hydroxylation is 1. The predicted octanol–water partition coefficient (Wildman–Crippen LogP) is 1.21. The average Bonchev–Trinajstić information content (AvgIpc) is 3.07. The molecule has 0 unspecified atom stereocenters. The van der Waals surface area contributed by atoms with Gasteiger partial charge in [0.05, 0.1) is 11.3 Å². The molecule has 4 rings (SSSR count). The van der Waals surface area contributed by atoms with Gasteiger partial charge in [0, 0.05) is 23.9 Å². The summed E-state index contributed by atoms with van der Waals surface area (Å²) in [6, 6.07) is 0. The van der Waals surface area contributed by atoms with Crippen LogP contribution in [0.25, 0.3) is 6.08 Å². The summed E-state index contributed by atoms with van der Waals surface area (Å²) in [5.41, 5.74) is 1.44. The van der Waals surface area contributed by atoms with Crippen molar-refractivity contribution in [2.24, 2.45) is 0 Å². The van der Waals surface area contributed by atoms with E-state index in [-0.39, 0.29) is 17.0 Å². The molecular formula is C12H9N3O3S2. The van der Waals surface area contributed by atoms with E-state index in [0.29, 0.717) is 5.57 Å². The molecule has 1 N–H and O–H groups in total. The van der Waals surface area contributed by atoms with Crippen molar-refractivity contribution in [3.63, 3.8) is 0 Å². The van der Waals surface area contributed by atoms with Crippen molar-refractivity contribution in [2.75, 3.05) is 5.75 Å². The Balaban J connectivity index is 1.61. The van der Waals surface area contributed by atoms with Crippen LogP contribution >= 0.6 is 23.5 Å². The Morgan fingerprint density at radius 1 is 1.55 bits per heavy atom. The number of imidazole rings is 1. The number of carbonyl (C=O) groups excluding carboxylic acids is 1. The zero-order chi connectivity index (χ0) is 13.9. The van der Waals surface area contributed by atoms with Gasteiger partial charge in [-0.15, -0.1) is 11.8 Å². The van der Waals surface area contributed by atoms with Gasteiger partial charge in [-0.25, -0.2) is 9.78 Å². The fourth-order valence-electron chi connectivity index (χ4n) is 2.42. The van der Waals surface area contributed by atoms with Crippen molar-refractivity contribution >= 4 is 41.5 Å². The molecule has 102 valence electrons. The molecule has 1 amide bonds. The lowest BCUT2D eigenvalue weighted by atomic mass is 10.0. The molecule has 1 aromatic rings. The van der Waals surface area contributed by atoms with Gasteiger partial charge in [-0.3, -0.25) is 9.69 Å². The van der Waals surface area contributed by atoms with Gasteiger partial charge in [0.2, 0.25) is 0 Å². The van der Waals surface area contributed by atoms with Gasteiger partial charge in [0.25, 0.3) is 5.91 Å². The van der Waals surface area contributed by atoms with E-state index in [0.717, 1.165) is 23.1 Å². The van der Waals surface area contributed by atoms with Crippen molar-refractivity contribution in [2.45, 2.75) is 17.1 Å². The molecule has 0 radical (unpaired) electrons. The standard InChI is InChI=1S/C12H9N3O3S2/c16-9-7(10-15(9)8(5-20-10)11(17)18)3-6-4-14-1-2-19-12(14)13-6/h3-5,10H,1-2H2,(H,17,18)/t10-/m1/s1. The third kappa shape index (κ3) is 1.58. The maximum absolute atomic E-state index is 12.0. The summed E-state index contributed by atoms with van der Waals surface area (Å²) in [6.07, 6.45) is 3.70. The molecule has 0 bridgehead atoms. The molecule has 20 heavy (non-hydrogen) atoms. The smallest absolute Gasteiger partial charge is 0.353 e. The summed E-state index contributed by atoms with van der Waals surface area (Å²) in [4.78, 5) is 28.8. The Bertz CT molecular complexity index is 685. The van der Waals surface area contributed by atoms with Crippen LogP contribution in [0.2, 0.25) is 0 Å². The van der Waals surface area contributed by atoms with Crippen LogP contribution in [-0.2, 0) is 16.1 Å². The first-order chi connectivity index (χ1) is 9.65. The number of rotatable bonds is 2. The molecule has 8 heteroatoms. The summed E-state index contributed by atoms with van der Waals surface area (Å²) in [5.74, 6) is -0.268. The van der Waals surface area contributed by atoms with Gasteiger partial charge < -0.3 is 9.67 Å². The fourth-order valence-corrected chi connectivity index (χ4v) is 4.49. The summed E-state index contributed by atoms with van der Waals surface area (Å²) >= 11 is 3.04. The van der Waals surface area contributed by atoms with Crippen LogP contribution in [0.1, 0.15) is 5.69 Å². The van der Waals surface area contributed by atoms with Crippen molar-refractivity contribution in [3.05, 3.63) is 28.6 Å². The van der Waals surface area contributed by atoms with Gasteiger partial charge >= 0.3 is 5.97 Å². The number of hydrogen-bond acceptors (Lipinski definition) is 5. The number of carbonyl (C=O) groups is 2. The van der Waals surface area contributed by atoms with Crippen LogP contribution in [0.3, 0.4) is 0 Å². The average molecular weight is 307 g/mol. The van der Waals surface area contributed by atoms with Crippen molar-refractivity contribution in [1.29, 1.82) is 0 Å². The molecule has 1 saturated heterocycles. The molecule has 0 aromatic carbocycles. The molecule has 0 spiro atoms. The highest BCUT2D eigenvalue weighted by molar-refractivity contribution is 8.03. The quantitative estimate of drug-likeness (QED) is 0.654. The topological polar surface area (TPSA) is 75.4 Å². The van der Waals surface area contributed by atoms with Crippen LogP contribution in [0.5, 0.6) is 0 Å². The number of fused-ring (bicyclic) bond motifs is 2. The van der Waals surface area contributed by atoms with Crippen LogP contribution in [0, 0.1) is 0 Å². The maximum Gasteiger partial charge on any atom is 0.353 e. The summed E-state index contributed by atoms with van der Waals surface area (Å²) in [6.45, 7) is 0.944. The summed E-state index contributed by atoms with van der Waals surface area (Å²) in [5, 5.41) is 11.3. The van der Waals surface area contributed by atoms with Gasteiger partial charge in [-0.1, -0.05) is 11.8 Å². The normalized spacial score (nSPS) is 25.5. The first kappa shape index (κ1) is 12.1. The summed E-state index contributed by atoms with van der Waals surface area (Å²) < 4.78 is 2.07. The molecule has 6 nitrogen and oxygen atoms in total. The number of nitrogens with zero attached hydrogens (tertiary/aromatic N) is 3. The third-order valence-corrected chi connectivity index (χ3v) is 5.43. The lowest BCUT2D eigenvalue weighted by molar-refractivity contribution is -0.141. The van der Waals surface area contributed by atoms with E-state index < -0.39 is 5.97 Å². The minimum Gasteiger partial charge on any atom is -0.477 e. The number of carboxylic acids is 1.